The smallest absolute Gasteiger partial charge is 0.416 e. The molecule has 2 N–H and O–H groups in total. The fourth-order valence-corrected chi connectivity index (χ4v) is 2.46. The van der Waals surface area contributed by atoms with Crippen LogP contribution in [-0.4, -0.2) is 23.0 Å². The van der Waals surface area contributed by atoms with Crippen LogP contribution in [0.3, 0.4) is 0 Å². The molecule has 0 unspecified atom stereocenters. The second-order valence-corrected chi connectivity index (χ2v) is 5.85. The largest absolute Gasteiger partial charge is 0.480 e. The number of aryl methyl sites for hydroxylation is 1. The molecule has 2 aromatic rings. The molecule has 1 atom stereocenters. The number of carboxylic acid groups (broad SMARTS) is 1. The summed E-state index contributed by atoms with van der Waals surface area (Å²) >= 11 is 0. The molecule has 0 saturated carbocycles. The summed E-state index contributed by atoms with van der Waals surface area (Å²) in [4.78, 5) is 23.3. The number of carbonyl (C=O) groups is 2. The molecule has 0 bridgehead atoms. The van der Waals surface area contributed by atoms with Gasteiger partial charge in [0, 0.05) is 0 Å². The minimum Gasteiger partial charge on any atom is -0.480 e. The van der Waals surface area contributed by atoms with Crippen LogP contribution < -0.4 is 5.32 Å². The predicted octanol–water partition coefficient (Wildman–Crippen LogP) is 3.45. The highest BCUT2D eigenvalue weighted by Gasteiger charge is 2.30. The van der Waals surface area contributed by atoms with Crippen molar-refractivity contribution in [2.24, 2.45) is 0 Å². The van der Waals surface area contributed by atoms with Crippen LogP contribution in [0.4, 0.5) is 13.2 Å². The average Bonchev–Trinajstić information content (AvgIpc) is 2.59. The number of carbonyl (C=O) groups excluding carboxylic acids is 1. The molecule has 1 amide bonds. The number of hydrogen-bond acceptors (Lipinski definition) is 2. The van der Waals surface area contributed by atoms with Gasteiger partial charge in [0.25, 0.3) is 0 Å². The standard InChI is InChI=1S/C19H18F3NO3/c20-19(21,22)15-9-6-14(7-10-15)12-17(24)23-16(18(25)26)11-8-13-4-2-1-3-5-13/h1-7,9-10,16H,8,11-12H2,(H,23,24)(H,25,26)/t16-/m1/s1. The van der Waals surface area contributed by atoms with E-state index >= 15 is 0 Å². The number of alkyl halides is 3. The van der Waals surface area contributed by atoms with Gasteiger partial charge in [0.05, 0.1) is 12.0 Å². The summed E-state index contributed by atoms with van der Waals surface area (Å²) < 4.78 is 37.6. The van der Waals surface area contributed by atoms with E-state index in [1.54, 1.807) is 0 Å². The minimum atomic E-state index is -4.44. The molecule has 26 heavy (non-hydrogen) atoms. The van der Waals surface area contributed by atoms with Gasteiger partial charge in [0.15, 0.2) is 0 Å². The van der Waals surface area contributed by atoms with Gasteiger partial charge >= 0.3 is 12.1 Å². The van der Waals surface area contributed by atoms with E-state index in [0.717, 1.165) is 17.7 Å². The van der Waals surface area contributed by atoms with Crippen LogP contribution in [0.5, 0.6) is 0 Å². The van der Waals surface area contributed by atoms with Gasteiger partial charge in [-0.2, -0.15) is 13.2 Å². The van der Waals surface area contributed by atoms with Crippen LogP contribution in [0.25, 0.3) is 0 Å². The lowest BCUT2D eigenvalue weighted by Gasteiger charge is -2.15. The van der Waals surface area contributed by atoms with Gasteiger partial charge in [-0.25, -0.2) is 4.79 Å². The molecular formula is C19H18F3NO3. The third-order valence-electron chi connectivity index (χ3n) is 3.84. The molecule has 0 fully saturated rings. The summed E-state index contributed by atoms with van der Waals surface area (Å²) in [5.74, 6) is -1.70. The normalized spacial score (nSPS) is 12.4. The van der Waals surface area contributed by atoms with Gasteiger partial charge in [0.1, 0.15) is 6.04 Å². The Morgan fingerprint density at radius 2 is 1.58 bits per heavy atom. The van der Waals surface area contributed by atoms with Crippen LogP contribution in [0.2, 0.25) is 0 Å². The van der Waals surface area contributed by atoms with Gasteiger partial charge in [-0.15, -0.1) is 0 Å². The second-order valence-electron chi connectivity index (χ2n) is 5.85. The summed E-state index contributed by atoms with van der Waals surface area (Å²) in [5, 5.41) is 11.7. The maximum Gasteiger partial charge on any atom is 0.416 e. The predicted molar refractivity (Wildman–Crippen MR) is 89.5 cm³/mol. The lowest BCUT2D eigenvalue weighted by molar-refractivity contribution is -0.142. The third kappa shape index (κ3) is 5.91. The Hall–Kier alpha value is -2.83. The van der Waals surface area contributed by atoms with E-state index in [2.05, 4.69) is 5.32 Å². The zero-order valence-corrected chi connectivity index (χ0v) is 13.8. The molecule has 0 spiro atoms. The van der Waals surface area contributed by atoms with E-state index < -0.39 is 29.7 Å². The van der Waals surface area contributed by atoms with Crippen LogP contribution in [-0.2, 0) is 28.6 Å². The lowest BCUT2D eigenvalue weighted by atomic mass is 10.0. The van der Waals surface area contributed by atoms with Crippen molar-refractivity contribution in [2.75, 3.05) is 0 Å². The average molecular weight is 365 g/mol. The van der Waals surface area contributed by atoms with Crippen molar-refractivity contribution in [2.45, 2.75) is 31.5 Å². The Morgan fingerprint density at radius 1 is 0.962 bits per heavy atom. The number of halogens is 3. The SMILES string of the molecule is O=C(Cc1ccc(C(F)(F)F)cc1)N[C@H](CCc1ccccc1)C(=O)O. The number of carboxylic acids is 1. The Balaban J connectivity index is 1.92. The van der Waals surface area contributed by atoms with E-state index in [1.807, 2.05) is 30.3 Å². The van der Waals surface area contributed by atoms with Gasteiger partial charge < -0.3 is 10.4 Å². The van der Waals surface area contributed by atoms with E-state index in [0.29, 0.717) is 12.0 Å². The maximum atomic E-state index is 12.5. The van der Waals surface area contributed by atoms with Gasteiger partial charge in [0.2, 0.25) is 5.91 Å². The number of hydrogen-bond donors (Lipinski definition) is 2. The van der Waals surface area contributed by atoms with Gasteiger partial charge in [-0.3, -0.25) is 4.79 Å². The highest BCUT2D eigenvalue weighted by atomic mass is 19.4. The molecule has 2 aromatic carbocycles. The highest BCUT2D eigenvalue weighted by Crippen LogP contribution is 2.29. The fourth-order valence-electron chi connectivity index (χ4n) is 2.46. The summed E-state index contributed by atoms with van der Waals surface area (Å²) in [6.45, 7) is 0. The molecule has 0 radical (unpaired) electrons. The first-order chi connectivity index (χ1) is 12.3. The topological polar surface area (TPSA) is 66.4 Å². The number of amides is 1. The molecule has 0 aliphatic rings. The Labute approximate surface area is 148 Å². The second kappa shape index (κ2) is 8.51. The molecule has 7 heteroatoms. The van der Waals surface area contributed by atoms with Crippen molar-refractivity contribution >= 4 is 11.9 Å². The Bertz CT molecular complexity index is 743. The number of benzene rings is 2. The molecule has 0 aromatic heterocycles. The molecule has 0 aliphatic carbocycles. The summed E-state index contributed by atoms with van der Waals surface area (Å²) in [6, 6.07) is 12.4. The zero-order chi connectivity index (χ0) is 19.2. The molecular weight excluding hydrogens is 347 g/mol. The highest BCUT2D eigenvalue weighted by molar-refractivity contribution is 5.84. The molecule has 2 rings (SSSR count). The Kier molecular flexibility index (Phi) is 6.38. The van der Waals surface area contributed by atoms with Crippen molar-refractivity contribution in [3.05, 3.63) is 71.3 Å². The van der Waals surface area contributed by atoms with Gasteiger partial charge in [-0.1, -0.05) is 42.5 Å². The first-order valence-electron chi connectivity index (χ1n) is 7.98. The molecule has 0 aliphatic heterocycles. The van der Waals surface area contributed by atoms with Crippen LogP contribution >= 0.6 is 0 Å². The van der Waals surface area contributed by atoms with Crippen LogP contribution in [0, 0.1) is 0 Å². The zero-order valence-electron chi connectivity index (χ0n) is 13.8. The van der Waals surface area contributed by atoms with Crippen molar-refractivity contribution in [3.8, 4) is 0 Å². The van der Waals surface area contributed by atoms with E-state index in [4.69, 9.17) is 0 Å². The molecule has 0 saturated heterocycles. The number of rotatable bonds is 7. The van der Waals surface area contributed by atoms with Crippen LogP contribution in [0.15, 0.2) is 54.6 Å². The van der Waals surface area contributed by atoms with Gasteiger partial charge in [-0.05, 0) is 36.1 Å². The van der Waals surface area contributed by atoms with Crippen LogP contribution in [0.1, 0.15) is 23.1 Å². The van der Waals surface area contributed by atoms with Crippen molar-refractivity contribution in [1.29, 1.82) is 0 Å². The summed E-state index contributed by atoms with van der Waals surface area (Å²) in [5.41, 5.74) is 0.534. The first kappa shape index (κ1) is 19.5. The van der Waals surface area contributed by atoms with Crippen molar-refractivity contribution < 1.29 is 27.9 Å². The number of aliphatic carboxylic acids is 1. The summed E-state index contributed by atoms with van der Waals surface area (Å²) in [6.07, 6.45) is -3.92. The Morgan fingerprint density at radius 3 is 2.12 bits per heavy atom. The number of nitrogens with one attached hydrogen (secondary N) is 1. The molecule has 4 nitrogen and oxygen atoms in total. The quantitative estimate of drug-likeness (QED) is 0.790. The summed E-state index contributed by atoms with van der Waals surface area (Å²) in [7, 11) is 0. The van der Waals surface area contributed by atoms with Crippen molar-refractivity contribution in [1.82, 2.24) is 5.32 Å². The first-order valence-corrected chi connectivity index (χ1v) is 7.98. The molecule has 138 valence electrons. The minimum absolute atomic E-state index is 0.187. The maximum absolute atomic E-state index is 12.5. The molecule has 0 heterocycles. The third-order valence-corrected chi connectivity index (χ3v) is 3.84. The van der Waals surface area contributed by atoms with E-state index in [1.165, 1.54) is 12.1 Å². The lowest BCUT2D eigenvalue weighted by Crippen LogP contribution is -2.41. The fraction of sp³-hybridized carbons (Fsp3) is 0.263. The van der Waals surface area contributed by atoms with Crippen molar-refractivity contribution in [3.63, 3.8) is 0 Å². The monoisotopic (exact) mass is 365 g/mol. The van der Waals surface area contributed by atoms with E-state index in [9.17, 15) is 27.9 Å². The van der Waals surface area contributed by atoms with E-state index in [-0.39, 0.29) is 12.8 Å².